The van der Waals surface area contributed by atoms with Crippen molar-refractivity contribution in [1.29, 1.82) is 0 Å². The van der Waals surface area contributed by atoms with E-state index in [2.05, 4.69) is 15.3 Å². The predicted molar refractivity (Wildman–Crippen MR) is 99.0 cm³/mol. The Hall–Kier alpha value is -1.27. The minimum absolute atomic E-state index is 0.0156. The second kappa shape index (κ2) is 6.80. The van der Waals surface area contributed by atoms with Crippen LogP contribution in [0.2, 0.25) is 0 Å². The summed E-state index contributed by atoms with van der Waals surface area (Å²) < 4.78 is 27.9. The van der Waals surface area contributed by atoms with E-state index in [1.807, 2.05) is 12.1 Å². The van der Waals surface area contributed by atoms with Gasteiger partial charge in [-0.3, -0.25) is 0 Å². The number of fused-ring (bicyclic) bond motifs is 1. The van der Waals surface area contributed by atoms with Gasteiger partial charge in [-0.25, -0.2) is 0 Å². The van der Waals surface area contributed by atoms with Crippen molar-refractivity contribution >= 4 is 75.7 Å². The summed E-state index contributed by atoms with van der Waals surface area (Å²) in [5.41, 5.74) is 1.17. The van der Waals surface area contributed by atoms with Gasteiger partial charge in [-0.1, -0.05) is 0 Å². The monoisotopic (exact) mass is 461 g/mol. The fourth-order valence-corrected chi connectivity index (χ4v) is 3.56. The maximum absolute atomic E-state index is 11.3. The summed E-state index contributed by atoms with van der Waals surface area (Å²) in [6, 6.07) is 13.0. The molecule has 0 saturated carbocycles. The molecular weight excluding hydrogens is 451 g/mol. The van der Waals surface area contributed by atoms with Crippen LogP contribution in [0.1, 0.15) is 5.82 Å². The fourth-order valence-electron chi connectivity index (χ4n) is 2.17. The van der Waals surface area contributed by atoms with Crippen LogP contribution < -0.4 is 9.67 Å². The van der Waals surface area contributed by atoms with Gasteiger partial charge in [-0.05, 0) is 0 Å². The van der Waals surface area contributed by atoms with Gasteiger partial charge in [-0.15, -0.1) is 0 Å². The van der Waals surface area contributed by atoms with E-state index in [9.17, 15) is 11.9 Å². The van der Waals surface area contributed by atoms with Crippen LogP contribution in [-0.4, -0.2) is 32.3 Å². The van der Waals surface area contributed by atoms with Crippen LogP contribution in [0, 0.1) is 0 Å². The molecule has 0 amide bonds. The molecule has 25 heavy (non-hydrogen) atoms. The van der Waals surface area contributed by atoms with Crippen molar-refractivity contribution in [2.75, 3.05) is 5.32 Å². The molecule has 0 aliphatic rings. The van der Waals surface area contributed by atoms with Crippen LogP contribution in [0.5, 0.6) is 0 Å². The van der Waals surface area contributed by atoms with E-state index in [1.165, 1.54) is 12.1 Å². The first kappa shape index (κ1) is 18.5. The van der Waals surface area contributed by atoms with Gasteiger partial charge in [0.25, 0.3) is 0 Å². The van der Waals surface area contributed by atoms with Crippen molar-refractivity contribution in [1.82, 2.24) is 9.97 Å². The average molecular weight is 463 g/mol. The molecule has 3 N–H and O–H groups in total. The summed E-state index contributed by atoms with van der Waals surface area (Å²) in [5, 5.41) is 3.78. The summed E-state index contributed by atoms with van der Waals surface area (Å²) >= 11 is 12.8. The number of aromatic nitrogens is 2. The average Bonchev–Trinajstić information content (AvgIpc) is 2.53. The van der Waals surface area contributed by atoms with E-state index >= 15 is 0 Å². The summed E-state index contributed by atoms with van der Waals surface area (Å²) in [6.45, 7) is 0. The number of alkyl halides is 3. The molecule has 0 fully saturated rings. The van der Waals surface area contributed by atoms with Crippen molar-refractivity contribution < 1.29 is 11.9 Å². The number of benzene rings is 2. The first-order chi connectivity index (χ1) is 11.6. The van der Waals surface area contributed by atoms with Gasteiger partial charge < -0.3 is 0 Å². The van der Waals surface area contributed by atoms with Gasteiger partial charge in [0.2, 0.25) is 0 Å². The molecule has 0 radical (unpaired) electrons. The van der Waals surface area contributed by atoms with Crippen LogP contribution in [0.15, 0.2) is 48.5 Å². The van der Waals surface area contributed by atoms with Crippen molar-refractivity contribution in [3.63, 3.8) is 0 Å². The number of nitrogens with zero attached hydrogens (tertiary/aromatic N) is 2. The first-order valence-electron chi connectivity index (χ1n) is 6.92. The molecule has 130 valence electrons. The Kier molecular flexibility index (Phi) is 5.04. The number of nitrogens with one attached hydrogen (secondary N) is 1. The topological polar surface area (TPSA) is 95.3 Å². The van der Waals surface area contributed by atoms with E-state index in [-0.39, 0.29) is 10.2 Å². The molecule has 6 nitrogen and oxygen atoms in total. The Morgan fingerprint density at radius 1 is 0.960 bits per heavy atom. The Balaban J connectivity index is 2.04. The van der Waals surface area contributed by atoms with Gasteiger partial charge >= 0.3 is 161 Å². The van der Waals surface area contributed by atoms with E-state index in [0.717, 1.165) is 0 Å². The minimum atomic E-state index is -4.92. The predicted octanol–water partition coefficient (Wildman–Crippen LogP) is 2.76. The molecule has 1 heterocycles. The van der Waals surface area contributed by atoms with Crippen LogP contribution >= 0.6 is 34.8 Å². The first-order valence-corrected chi connectivity index (χ1v) is 11.4. The quantitative estimate of drug-likeness (QED) is 0.409. The second-order valence-corrected chi connectivity index (χ2v) is 10.8. The summed E-state index contributed by atoms with van der Waals surface area (Å²) in [7, 11) is 0. The summed E-state index contributed by atoms with van der Waals surface area (Å²) in [6.07, 6.45) is 0. The molecule has 0 aliphatic heterocycles. The molecular formula is C15H11AsCl3N3O3. The van der Waals surface area contributed by atoms with Gasteiger partial charge in [-0.2, -0.15) is 0 Å². The van der Waals surface area contributed by atoms with Gasteiger partial charge in [0.15, 0.2) is 0 Å². The number of para-hydroxylation sites is 1. The zero-order chi connectivity index (χ0) is 18.2. The summed E-state index contributed by atoms with van der Waals surface area (Å²) in [5.74, 6) is 0.440. The van der Waals surface area contributed by atoms with E-state index in [4.69, 9.17) is 34.8 Å². The van der Waals surface area contributed by atoms with Crippen LogP contribution in [0.4, 0.5) is 11.5 Å². The molecule has 0 atom stereocenters. The van der Waals surface area contributed by atoms with Crippen molar-refractivity contribution in [2.45, 2.75) is 3.79 Å². The SMILES string of the molecule is O=[As](O)(O)c1ccc(Nc2nc(C(Cl)(Cl)Cl)nc3ccccc23)cc1. The zero-order valence-corrected chi connectivity index (χ0v) is 16.5. The molecule has 3 aromatic rings. The van der Waals surface area contributed by atoms with E-state index in [1.54, 1.807) is 24.3 Å². The Morgan fingerprint density at radius 3 is 2.20 bits per heavy atom. The van der Waals surface area contributed by atoms with Gasteiger partial charge in [0.05, 0.1) is 0 Å². The van der Waals surface area contributed by atoms with Crippen LogP contribution in [0.3, 0.4) is 0 Å². The van der Waals surface area contributed by atoms with Gasteiger partial charge in [0.1, 0.15) is 0 Å². The second-order valence-electron chi connectivity index (χ2n) is 5.13. The molecule has 0 spiro atoms. The zero-order valence-electron chi connectivity index (χ0n) is 12.4. The molecule has 2 aromatic carbocycles. The third-order valence-corrected chi connectivity index (χ3v) is 5.87. The number of anilines is 2. The Labute approximate surface area is 160 Å². The normalized spacial score (nSPS) is 12.4. The summed E-state index contributed by atoms with van der Waals surface area (Å²) in [4.78, 5) is 8.52. The number of halogens is 3. The van der Waals surface area contributed by atoms with Crippen molar-refractivity contribution in [2.24, 2.45) is 0 Å². The Morgan fingerprint density at radius 2 is 1.60 bits per heavy atom. The standard InChI is InChI=1S/C15H11AsCl3N3O3/c17-15(18,19)14-21-12-4-2-1-3-11(12)13(22-14)20-10-7-5-9(6-8-10)16(23,24)25/h1-8H,(H,20,21,22)(H2,23,24,25). The van der Waals surface area contributed by atoms with Crippen LogP contribution in [0.25, 0.3) is 10.9 Å². The third kappa shape index (κ3) is 4.29. The van der Waals surface area contributed by atoms with Crippen molar-refractivity contribution in [3.8, 4) is 0 Å². The molecule has 0 unspecified atom stereocenters. The van der Waals surface area contributed by atoms with Gasteiger partial charge in [0, 0.05) is 0 Å². The molecule has 10 heteroatoms. The molecule has 0 saturated heterocycles. The van der Waals surface area contributed by atoms with E-state index in [0.29, 0.717) is 22.4 Å². The fraction of sp³-hybridized carbons (Fsp3) is 0.0667. The number of rotatable bonds is 3. The van der Waals surface area contributed by atoms with Crippen molar-refractivity contribution in [3.05, 3.63) is 54.4 Å². The number of hydrogen-bond donors (Lipinski definition) is 3. The molecule has 0 bridgehead atoms. The Bertz CT molecular complexity index is 971. The maximum atomic E-state index is 11.3. The van der Waals surface area contributed by atoms with E-state index < -0.39 is 18.0 Å². The molecule has 1 aromatic heterocycles. The molecule has 3 rings (SSSR count). The van der Waals surface area contributed by atoms with Crippen LogP contribution in [-0.2, 0) is 7.53 Å². The number of hydrogen-bond acceptors (Lipinski definition) is 4. The third-order valence-electron chi connectivity index (χ3n) is 3.32. The molecule has 0 aliphatic carbocycles.